The molecule has 21 heavy (non-hydrogen) atoms. The fraction of sp³-hybridized carbons (Fsp3) is 0.625. The van der Waals surface area contributed by atoms with Crippen LogP contribution in [0.5, 0.6) is 5.75 Å². The molecule has 1 aliphatic heterocycles. The lowest BCUT2D eigenvalue weighted by atomic mass is 9.92. The van der Waals surface area contributed by atoms with Crippen molar-refractivity contribution in [1.29, 1.82) is 0 Å². The van der Waals surface area contributed by atoms with Gasteiger partial charge >= 0.3 is 0 Å². The molecule has 1 aliphatic rings. The molecule has 0 radical (unpaired) electrons. The molecule has 1 N–H and O–H groups in total. The number of rotatable bonds is 4. The molecule has 0 amide bonds. The second-order valence-corrected chi connectivity index (χ2v) is 9.60. The minimum absolute atomic E-state index is 0.192. The zero-order valence-corrected chi connectivity index (χ0v) is 14.5. The van der Waals surface area contributed by atoms with Gasteiger partial charge in [0.15, 0.2) is 9.84 Å². The Labute approximate surface area is 127 Å². The van der Waals surface area contributed by atoms with Gasteiger partial charge in [-0.15, -0.1) is 0 Å². The molecule has 0 saturated heterocycles. The molecule has 0 aliphatic carbocycles. The number of sulfone groups is 1. The van der Waals surface area contributed by atoms with E-state index in [0.29, 0.717) is 0 Å². The van der Waals surface area contributed by atoms with Crippen molar-refractivity contribution < 1.29 is 13.2 Å². The van der Waals surface area contributed by atoms with Gasteiger partial charge in [-0.1, -0.05) is 12.1 Å². The predicted octanol–water partition coefficient (Wildman–Crippen LogP) is 2.48. The molecule has 1 heterocycles. The SMILES string of the molecule is CNC(c1ccc2c(c1)CC(C)(C)O2)C(C)(C)S(C)(=O)=O. The molecule has 2 rings (SSSR count). The molecule has 1 atom stereocenters. The zero-order valence-electron chi connectivity index (χ0n) is 13.6. The van der Waals surface area contributed by atoms with Crippen LogP contribution in [0.15, 0.2) is 18.2 Å². The van der Waals surface area contributed by atoms with E-state index in [-0.39, 0.29) is 11.6 Å². The molecule has 4 nitrogen and oxygen atoms in total. The number of fused-ring (bicyclic) bond motifs is 1. The molecular weight excluding hydrogens is 286 g/mol. The molecule has 1 aromatic rings. The summed E-state index contributed by atoms with van der Waals surface area (Å²) in [5.41, 5.74) is 1.93. The van der Waals surface area contributed by atoms with Crippen LogP contribution in [0.3, 0.4) is 0 Å². The molecule has 0 aromatic heterocycles. The van der Waals surface area contributed by atoms with Crippen molar-refractivity contribution in [3.8, 4) is 5.75 Å². The predicted molar refractivity (Wildman–Crippen MR) is 85.6 cm³/mol. The Morgan fingerprint density at radius 1 is 1.33 bits per heavy atom. The van der Waals surface area contributed by atoms with Crippen molar-refractivity contribution in [2.75, 3.05) is 13.3 Å². The van der Waals surface area contributed by atoms with Crippen LogP contribution in [0.25, 0.3) is 0 Å². The summed E-state index contributed by atoms with van der Waals surface area (Å²) in [6, 6.07) is 5.70. The first-order valence-electron chi connectivity index (χ1n) is 7.17. The third-order valence-electron chi connectivity index (χ3n) is 4.36. The minimum atomic E-state index is -3.19. The molecule has 1 unspecified atom stereocenters. The van der Waals surface area contributed by atoms with Gasteiger partial charge in [0.05, 0.1) is 10.8 Å². The lowest BCUT2D eigenvalue weighted by Gasteiger charge is -2.33. The van der Waals surface area contributed by atoms with Crippen LogP contribution in [0.2, 0.25) is 0 Å². The third kappa shape index (κ3) is 2.94. The highest BCUT2D eigenvalue weighted by atomic mass is 32.2. The smallest absolute Gasteiger partial charge is 0.154 e. The summed E-state index contributed by atoms with van der Waals surface area (Å²) in [7, 11) is -1.40. The van der Waals surface area contributed by atoms with Gasteiger partial charge in [-0.25, -0.2) is 8.42 Å². The van der Waals surface area contributed by atoms with E-state index in [1.807, 2.05) is 12.1 Å². The summed E-state index contributed by atoms with van der Waals surface area (Å²) in [6.45, 7) is 7.64. The average Bonchev–Trinajstić information content (AvgIpc) is 2.61. The fourth-order valence-corrected chi connectivity index (χ4v) is 3.62. The summed E-state index contributed by atoms with van der Waals surface area (Å²) >= 11 is 0. The van der Waals surface area contributed by atoms with Crippen molar-refractivity contribution in [2.45, 2.75) is 50.5 Å². The third-order valence-corrected chi connectivity index (χ3v) is 6.51. The van der Waals surface area contributed by atoms with Crippen LogP contribution in [-0.4, -0.2) is 32.1 Å². The highest BCUT2D eigenvalue weighted by molar-refractivity contribution is 7.92. The van der Waals surface area contributed by atoms with E-state index < -0.39 is 14.6 Å². The minimum Gasteiger partial charge on any atom is -0.487 e. The largest absolute Gasteiger partial charge is 0.487 e. The lowest BCUT2D eigenvalue weighted by molar-refractivity contribution is 0.138. The van der Waals surface area contributed by atoms with E-state index in [1.54, 1.807) is 20.9 Å². The lowest BCUT2D eigenvalue weighted by Crippen LogP contribution is -2.43. The summed E-state index contributed by atoms with van der Waals surface area (Å²) in [5, 5.41) is 3.16. The van der Waals surface area contributed by atoms with Gasteiger partial charge in [0.1, 0.15) is 11.4 Å². The standard InChI is InChI=1S/C16H25NO3S/c1-15(2)10-12-9-11(7-8-13(12)20-15)14(17-5)16(3,4)21(6,18)19/h7-9,14,17H,10H2,1-6H3. The second kappa shape index (κ2) is 4.99. The molecule has 0 saturated carbocycles. The Kier molecular flexibility index (Phi) is 3.87. The Morgan fingerprint density at radius 3 is 2.48 bits per heavy atom. The topological polar surface area (TPSA) is 55.4 Å². The summed E-state index contributed by atoms with van der Waals surface area (Å²) in [6.07, 6.45) is 2.13. The first kappa shape index (κ1) is 16.3. The number of nitrogens with one attached hydrogen (secondary N) is 1. The summed E-state index contributed by atoms with van der Waals surface area (Å²) < 4.78 is 29.2. The normalized spacial score (nSPS) is 19.0. The highest BCUT2D eigenvalue weighted by Crippen LogP contribution is 2.39. The first-order chi connectivity index (χ1) is 9.48. The number of hydrogen-bond donors (Lipinski definition) is 1. The molecule has 0 spiro atoms. The van der Waals surface area contributed by atoms with Crippen LogP contribution in [0.4, 0.5) is 0 Å². The molecule has 118 valence electrons. The fourth-order valence-electron chi connectivity index (χ4n) is 2.94. The highest BCUT2D eigenvalue weighted by Gasteiger charge is 2.40. The van der Waals surface area contributed by atoms with Gasteiger partial charge in [-0.05, 0) is 51.9 Å². The van der Waals surface area contributed by atoms with E-state index in [0.717, 1.165) is 23.3 Å². The van der Waals surface area contributed by atoms with Crippen LogP contribution >= 0.6 is 0 Å². The van der Waals surface area contributed by atoms with E-state index in [1.165, 1.54) is 6.26 Å². The molecule has 5 heteroatoms. The zero-order chi connectivity index (χ0) is 16.1. The van der Waals surface area contributed by atoms with E-state index in [2.05, 4.69) is 25.2 Å². The maximum atomic E-state index is 12.1. The van der Waals surface area contributed by atoms with Crippen molar-refractivity contribution in [3.05, 3.63) is 29.3 Å². The number of hydrogen-bond acceptors (Lipinski definition) is 4. The van der Waals surface area contributed by atoms with Gasteiger partial charge in [0, 0.05) is 12.7 Å². The van der Waals surface area contributed by atoms with Crippen molar-refractivity contribution >= 4 is 9.84 Å². The van der Waals surface area contributed by atoms with Crippen molar-refractivity contribution in [1.82, 2.24) is 5.32 Å². The quantitative estimate of drug-likeness (QED) is 0.928. The molecule has 0 bridgehead atoms. The van der Waals surface area contributed by atoms with E-state index >= 15 is 0 Å². The molecule has 0 fully saturated rings. The Morgan fingerprint density at radius 2 is 1.95 bits per heavy atom. The van der Waals surface area contributed by atoms with Gasteiger partial charge in [-0.3, -0.25) is 0 Å². The Balaban J connectivity index is 2.43. The van der Waals surface area contributed by atoms with Crippen LogP contribution < -0.4 is 10.1 Å². The van der Waals surface area contributed by atoms with Crippen molar-refractivity contribution in [3.63, 3.8) is 0 Å². The van der Waals surface area contributed by atoms with Gasteiger partial charge in [0.2, 0.25) is 0 Å². The first-order valence-corrected chi connectivity index (χ1v) is 9.06. The second-order valence-electron chi connectivity index (χ2n) is 7.00. The monoisotopic (exact) mass is 311 g/mol. The van der Waals surface area contributed by atoms with E-state index in [9.17, 15) is 8.42 Å². The maximum Gasteiger partial charge on any atom is 0.154 e. The van der Waals surface area contributed by atoms with Gasteiger partial charge < -0.3 is 10.1 Å². The van der Waals surface area contributed by atoms with Crippen LogP contribution in [0.1, 0.15) is 44.9 Å². The van der Waals surface area contributed by atoms with Crippen LogP contribution in [0, 0.1) is 0 Å². The average molecular weight is 311 g/mol. The Hall–Kier alpha value is -1.07. The van der Waals surface area contributed by atoms with Gasteiger partial charge in [0.25, 0.3) is 0 Å². The molecule has 1 aromatic carbocycles. The Bertz CT molecular complexity index is 647. The summed E-state index contributed by atoms with van der Waals surface area (Å²) in [4.78, 5) is 0. The van der Waals surface area contributed by atoms with Crippen molar-refractivity contribution in [2.24, 2.45) is 0 Å². The number of benzene rings is 1. The van der Waals surface area contributed by atoms with Crippen LogP contribution in [-0.2, 0) is 16.3 Å². The van der Waals surface area contributed by atoms with E-state index in [4.69, 9.17) is 4.74 Å². The number of ether oxygens (including phenoxy) is 1. The summed E-state index contributed by atoms with van der Waals surface area (Å²) in [5.74, 6) is 0.899. The molecular formula is C16H25NO3S. The maximum absolute atomic E-state index is 12.1. The van der Waals surface area contributed by atoms with Gasteiger partial charge in [-0.2, -0.15) is 0 Å².